The van der Waals surface area contributed by atoms with Gasteiger partial charge in [0, 0.05) is 51.5 Å². The monoisotopic (exact) mass is 410 g/mol. The Kier molecular flexibility index (Phi) is 5.86. The maximum atomic E-state index is 12.2. The van der Waals surface area contributed by atoms with Gasteiger partial charge in [-0.25, -0.2) is 0 Å². The molecule has 1 saturated heterocycles. The van der Waals surface area contributed by atoms with Crippen molar-refractivity contribution in [2.75, 3.05) is 33.9 Å². The minimum Gasteiger partial charge on any atom is -0.493 e. The van der Waals surface area contributed by atoms with E-state index in [0.717, 1.165) is 55.3 Å². The van der Waals surface area contributed by atoms with Crippen molar-refractivity contribution in [3.63, 3.8) is 0 Å². The number of carbonyl (C=O) groups is 1. The molecular weight excluding hydrogens is 380 g/mol. The van der Waals surface area contributed by atoms with Crippen LogP contribution in [0.5, 0.6) is 17.2 Å². The molecule has 6 heteroatoms. The first-order valence-corrected chi connectivity index (χ1v) is 10.5. The van der Waals surface area contributed by atoms with Crippen molar-refractivity contribution in [3.8, 4) is 17.2 Å². The van der Waals surface area contributed by atoms with Crippen LogP contribution in [-0.2, 0) is 17.9 Å². The van der Waals surface area contributed by atoms with Crippen LogP contribution in [0.3, 0.4) is 0 Å². The minimum atomic E-state index is -0.327. The number of para-hydroxylation sites is 1. The Balaban J connectivity index is 1.47. The standard InChI is InChI=1S/C24H30N2O4/c1-18(27)26-16-20-6-4-5-7-21(20)30-24(17-26)10-12-25(13-11-24)15-19-8-9-22(28-2)23(14-19)29-3/h4-9,14H,10-13,15-17H2,1-3H3. The number of ether oxygens (including phenoxy) is 3. The van der Waals surface area contributed by atoms with E-state index in [9.17, 15) is 4.79 Å². The summed E-state index contributed by atoms with van der Waals surface area (Å²) in [5, 5.41) is 0. The van der Waals surface area contributed by atoms with Gasteiger partial charge < -0.3 is 19.1 Å². The lowest BCUT2D eigenvalue weighted by Gasteiger charge is -2.42. The van der Waals surface area contributed by atoms with E-state index < -0.39 is 0 Å². The summed E-state index contributed by atoms with van der Waals surface area (Å²) in [5.74, 6) is 2.51. The van der Waals surface area contributed by atoms with Crippen LogP contribution in [0.15, 0.2) is 42.5 Å². The molecule has 2 aliphatic rings. The van der Waals surface area contributed by atoms with Crippen LogP contribution in [0.4, 0.5) is 0 Å². The second-order valence-corrected chi connectivity index (χ2v) is 8.23. The van der Waals surface area contributed by atoms with Gasteiger partial charge in [-0.1, -0.05) is 24.3 Å². The molecule has 160 valence electrons. The predicted molar refractivity (Wildman–Crippen MR) is 115 cm³/mol. The molecule has 6 nitrogen and oxygen atoms in total. The Morgan fingerprint density at radius 1 is 1.07 bits per heavy atom. The van der Waals surface area contributed by atoms with Gasteiger partial charge in [0.1, 0.15) is 11.4 Å². The zero-order valence-electron chi connectivity index (χ0n) is 18.0. The number of amides is 1. The lowest BCUT2D eigenvalue weighted by Crippen LogP contribution is -2.53. The Morgan fingerprint density at radius 2 is 1.80 bits per heavy atom. The van der Waals surface area contributed by atoms with E-state index in [0.29, 0.717) is 13.1 Å². The van der Waals surface area contributed by atoms with Crippen LogP contribution in [0.25, 0.3) is 0 Å². The normalized spacial score (nSPS) is 18.3. The molecule has 0 saturated carbocycles. The second-order valence-electron chi connectivity index (χ2n) is 8.23. The van der Waals surface area contributed by atoms with Crippen molar-refractivity contribution in [2.24, 2.45) is 0 Å². The Hall–Kier alpha value is -2.73. The van der Waals surface area contributed by atoms with Gasteiger partial charge in [-0.05, 0) is 23.8 Å². The van der Waals surface area contributed by atoms with Crippen LogP contribution in [0, 0.1) is 0 Å². The highest BCUT2D eigenvalue weighted by molar-refractivity contribution is 5.73. The molecule has 1 fully saturated rings. The van der Waals surface area contributed by atoms with E-state index in [1.165, 1.54) is 5.56 Å². The molecular formula is C24H30N2O4. The highest BCUT2D eigenvalue weighted by atomic mass is 16.5. The van der Waals surface area contributed by atoms with Crippen LogP contribution in [0.2, 0.25) is 0 Å². The molecule has 0 aliphatic carbocycles. The summed E-state index contributed by atoms with van der Waals surface area (Å²) in [6.45, 7) is 5.59. The number of benzene rings is 2. The molecule has 0 atom stereocenters. The van der Waals surface area contributed by atoms with Crippen LogP contribution >= 0.6 is 0 Å². The Labute approximate surface area is 178 Å². The summed E-state index contributed by atoms with van der Waals surface area (Å²) < 4.78 is 17.3. The average Bonchev–Trinajstić information content (AvgIpc) is 2.92. The summed E-state index contributed by atoms with van der Waals surface area (Å²) in [6, 6.07) is 14.2. The molecule has 0 unspecified atom stereocenters. The number of methoxy groups -OCH3 is 2. The third-order valence-corrected chi connectivity index (χ3v) is 6.21. The van der Waals surface area contributed by atoms with Crippen molar-refractivity contribution >= 4 is 5.91 Å². The van der Waals surface area contributed by atoms with E-state index in [2.05, 4.69) is 17.0 Å². The smallest absolute Gasteiger partial charge is 0.219 e. The summed E-state index contributed by atoms with van der Waals surface area (Å²) in [7, 11) is 3.31. The van der Waals surface area contributed by atoms with E-state index >= 15 is 0 Å². The molecule has 1 amide bonds. The van der Waals surface area contributed by atoms with Gasteiger partial charge in [0.2, 0.25) is 5.91 Å². The molecule has 0 bridgehead atoms. The summed E-state index contributed by atoms with van der Waals surface area (Å²) in [4.78, 5) is 16.6. The number of fused-ring (bicyclic) bond motifs is 1. The summed E-state index contributed by atoms with van der Waals surface area (Å²) in [6.07, 6.45) is 1.77. The number of likely N-dealkylation sites (tertiary alicyclic amines) is 1. The van der Waals surface area contributed by atoms with E-state index in [1.807, 2.05) is 35.2 Å². The molecule has 2 aromatic carbocycles. The third-order valence-electron chi connectivity index (χ3n) is 6.21. The number of hydrogen-bond acceptors (Lipinski definition) is 5. The topological polar surface area (TPSA) is 51.2 Å². The quantitative estimate of drug-likeness (QED) is 0.773. The molecule has 2 aromatic rings. The summed E-state index contributed by atoms with van der Waals surface area (Å²) in [5.41, 5.74) is 1.95. The first kappa shape index (κ1) is 20.5. The fourth-order valence-electron chi connectivity index (χ4n) is 4.45. The fourth-order valence-corrected chi connectivity index (χ4v) is 4.45. The van der Waals surface area contributed by atoms with Crippen LogP contribution in [0.1, 0.15) is 30.9 Å². The van der Waals surface area contributed by atoms with Gasteiger partial charge in [-0.15, -0.1) is 0 Å². The van der Waals surface area contributed by atoms with E-state index in [-0.39, 0.29) is 11.5 Å². The highest BCUT2D eigenvalue weighted by Crippen LogP contribution is 2.36. The zero-order chi connectivity index (χ0) is 21.1. The van der Waals surface area contributed by atoms with Crippen LogP contribution < -0.4 is 14.2 Å². The lowest BCUT2D eigenvalue weighted by molar-refractivity contribution is -0.132. The first-order chi connectivity index (χ1) is 14.5. The minimum absolute atomic E-state index is 0.0995. The van der Waals surface area contributed by atoms with Crippen LogP contribution in [-0.4, -0.2) is 55.2 Å². The maximum absolute atomic E-state index is 12.2. The van der Waals surface area contributed by atoms with Crippen molar-refractivity contribution in [1.82, 2.24) is 9.80 Å². The van der Waals surface area contributed by atoms with Crippen molar-refractivity contribution in [3.05, 3.63) is 53.6 Å². The molecule has 0 N–H and O–H groups in total. The van der Waals surface area contributed by atoms with Gasteiger partial charge in [0.15, 0.2) is 11.5 Å². The number of carbonyl (C=O) groups excluding carboxylic acids is 1. The predicted octanol–water partition coefficient (Wildman–Crippen LogP) is 3.48. The second kappa shape index (κ2) is 8.56. The summed E-state index contributed by atoms with van der Waals surface area (Å²) >= 11 is 0. The maximum Gasteiger partial charge on any atom is 0.219 e. The van der Waals surface area contributed by atoms with Crippen molar-refractivity contribution < 1.29 is 19.0 Å². The SMILES string of the molecule is COc1ccc(CN2CCC3(CC2)CN(C(C)=O)Cc2ccccc2O3)cc1OC. The molecule has 0 radical (unpaired) electrons. The number of nitrogens with zero attached hydrogens (tertiary/aromatic N) is 2. The van der Waals surface area contributed by atoms with Gasteiger partial charge in [-0.3, -0.25) is 9.69 Å². The Bertz CT molecular complexity index is 906. The first-order valence-electron chi connectivity index (χ1n) is 10.5. The lowest BCUT2D eigenvalue weighted by atomic mass is 9.90. The Morgan fingerprint density at radius 3 is 2.50 bits per heavy atom. The molecule has 0 aromatic heterocycles. The highest BCUT2D eigenvalue weighted by Gasteiger charge is 2.41. The molecule has 30 heavy (non-hydrogen) atoms. The van der Waals surface area contributed by atoms with Gasteiger partial charge in [0.05, 0.1) is 20.8 Å². The van der Waals surface area contributed by atoms with E-state index in [4.69, 9.17) is 14.2 Å². The van der Waals surface area contributed by atoms with Gasteiger partial charge in [0.25, 0.3) is 0 Å². The van der Waals surface area contributed by atoms with Crippen molar-refractivity contribution in [1.29, 1.82) is 0 Å². The molecule has 1 spiro atoms. The van der Waals surface area contributed by atoms with Gasteiger partial charge >= 0.3 is 0 Å². The zero-order valence-corrected chi connectivity index (χ0v) is 18.0. The number of rotatable bonds is 4. The van der Waals surface area contributed by atoms with E-state index in [1.54, 1.807) is 21.1 Å². The largest absolute Gasteiger partial charge is 0.493 e. The number of piperidine rings is 1. The molecule has 2 heterocycles. The van der Waals surface area contributed by atoms with Gasteiger partial charge in [-0.2, -0.15) is 0 Å². The third kappa shape index (κ3) is 4.24. The molecule has 4 rings (SSSR count). The fraction of sp³-hybridized carbons (Fsp3) is 0.458. The number of hydrogen-bond donors (Lipinski definition) is 0. The van der Waals surface area contributed by atoms with Crippen molar-refractivity contribution in [2.45, 2.75) is 38.5 Å². The molecule has 2 aliphatic heterocycles. The average molecular weight is 411 g/mol.